The number of allylic oxidation sites excluding steroid dienone is 1. The van der Waals surface area contributed by atoms with E-state index in [0.717, 1.165) is 85.8 Å². The summed E-state index contributed by atoms with van der Waals surface area (Å²) in [5.41, 5.74) is 5.64. The molecule has 0 aromatic heterocycles. The van der Waals surface area contributed by atoms with Gasteiger partial charge in [-0.25, -0.2) is 0 Å². The lowest BCUT2D eigenvalue weighted by atomic mass is 9.87. The number of hydrogen-bond donors (Lipinski definition) is 2. The molecule has 1 amide bonds. The van der Waals surface area contributed by atoms with Crippen molar-refractivity contribution >= 4 is 36.8 Å². The molecular formula is C69H110N2O10P-. The number of phosphoric ester groups is 1. The first-order valence-electron chi connectivity index (χ1n) is 32.7. The van der Waals surface area contributed by atoms with Crippen LogP contribution in [0.3, 0.4) is 0 Å². The maximum atomic E-state index is 13.0. The zero-order chi connectivity index (χ0) is 58.8. The molecule has 0 aliphatic carbocycles. The Balaban J connectivity index is 1.40. The van der Waals surface area contributed by atoms with Crippen molar-refractivity contribution in [3.8, 4) is 5.75 Å². The number of hydrogen-bond acceptors (Lipinski definition) is 11. The number of benzene rings is 3. The fourth-order valence-electron chi connectivity index (χ4n) is 10.2. The number of ether oxygens (including phenoxy) is 3. The Morgan fingerprint density at radius 2 is 0.915 bits per heavy atom. The normalized spacial score (nSPS) is 12.8. The molecule has 0 fully saturated rings. The first-order chi connectivity index (χ1) is 40.2. The van der Waals surface area contributed by atoms with Crippen LogP contribution in [0.25, 0.3) is 11.1 Å². The summed E-state index contributed by atoms with van der Waals surface area (Å²) in [6, 6.07) is 29.0. The second-order valence-electron chi connectivity index (χ2n) is 22.4. The molecule has 2 atom stereocenters. The van der Waals surface area contributed by atoms with Crippen molar-refractivity contribution in [2.24, 2.45) is 0 Å². The van der Waals surface area contributed by atoms with Gasteiger partial charge in [-0.3, -0.25) is 18.9 Å². The molecule has 0 saturated heterocycles. The van der Waals surface area contributed by atoms with Crippen LogP contribution >= 0.6 is 7.82 Å². The molecule has 12 nitrogen and oxygen atoms in total. The monoisotopic (exact) mass is 1160 g/mol. The van der Waals surface area contributed by atoms with E-state index in [4.69, 9.17) is 23.3 Å². The number of unbranched alkanes of at least 4 members (excludes halogenated alkanes) is 28. The molecular weight excluding hydrogens is 1050 g/mol. The number of amides is 1. The van der Waals surface area contributed by atoms with Gasteiger partial charge in [0, 0.05) is 19.4 Å². The third kappa shape index (κ3) is 37.1. The van der Waals surface area contributed by atoms with E-state index in [1.54, 1.807) is 0 Å². The average Bonchev–Trinajstić information content (AvgIpc) is 3.64. The molecule has 13 heteroatoms. The molecule has 2 N–H and O–H groups in total. The highest BCUT2D eigenvalue weighted by atomic mass is 31.2. The SMILES string of the molecule is CCCCCCCCCCCCCCCCCC(=O)OCC(COP(=O)([O-])OCCNC(=O)CNCCCC(=C(c1ccccc1)c1ccc(OCCC)cc1)c1ccccc1)OC(=O)CCCCCCCCCCCCCCCCC. The summed E-state index contributed by atoms with van der Waals surface area (Å²) >= 11 is 0. The predicted octanol–water partition coefficient (Wildman–Crippen LogP) is 17.4. The summed E-state index contributed by atoms with van der Waals surface area (Å²) in [6.07, 6.45) is 38.3. The van der Waals surface area contributed by atoms with E-state index >= 15 is 0 Å². The van der Waals surface area contributed by atoms with Crippen molar-refractivity contribution in [2.75, 3.05) is 46.1 Å². The van der Waals surface area contributed by atoms with Gasteiger partial charge in [-0.15, -0.1) is 0 Å². The standard InChI is InChI=1S/C69H111N2O10P/c1-4-7-9-11-13-15-17-19-21-23-25-27-29-31-39-47-67(73)78-58-64(81-68(74)48-40-32-30-28-26-24-22-20-18-16-14-12-10-8-5-2)59-80-82(75,76)79-56-54-71-66(72)57-70-53-41-46-65(60-42-35-33-36-43-60)69(61-44-37-34-38-45-61)62-49-51-63(52-50-62)77-55-6-3/h33-38,42-45,49-52,64,70H,4-32,39-41,46-48,53-59H2,1-3H3,(H,71,72)(H,75,76)/p-1. The lowest BCUT2D eigenvalue weighted by molar-refractivity contribution is -0.228. The number of carbonyl (C=O) groups excluding carboxylic acids is 3. The molecule has 0 aliphatic heterocycles. The van der Waals surface area contributed by atoms with Gasteiger partial charge < -0.3 is 38.8 Å². The minimum atomic E-state index is -4.88. The van der Waals surface area contributed by atoms with Crippen LogP contribution in [0.5, 0.6) is 5.75 Å². The molecule has 0 saturated carbocycles. The lowest BCUT2D eigenvalue weighted by Crippen LogP contribution is -2.36. The fraction of sp³-hybridized carbons (Fsp3) is 0.667. The van der Waals surface area contributed by atoms with Crippen LogP contribution in [0.4, 0.5) is 0 Å². The van der Waals surface area contributed by atoms with E-state index in [2.05, 4.69) is 67.8 Å². The lowest BCUT2D eigenvalue weighted by Gasteiger charge is -2.25. The predicted molar refractivity (Wildman–Crippen MR) is 336 cm³/mol. The van der Waals surface area contributed by atoms with E-state index in [-0.39, 0.29) is 45.1 Å². The van der Waals surface area contributed by atoms with Gasteiger partial charge in [0.15, 0.2) is 6.10 Å². The third-order valence-electron chi connectivity index (χ3n) is 15.0. The largest absolute Gasteiger partial charge is 0.756 e. The Morgan fingerprint density at radius 1 is 0.463 bits per heavy atom. The average molecular weight is 1160 g/mol. The Bertz CT molecular complexity index is 2120. The van der Waals surface area contributed by atoms with Crippen molar-refractivity contribution < 1.29 is 47.1 Å². The second-order valence-corrected chi connectivity index (χ2v) is 23.8. The molecule has 82 heavy (non-hydrogen) atoms. The minimum Gasteiger partial charge on any atom is -0.756 e. The van der Waals surface area contributed by atoms with Crippen molar-refractivity contribution in [3.05, 3.63) is 102 Å². The zero-order valence-corrected chi connectivity index (χ0v) is 52.3. The van der Waals surface area contributed by atoms with Gasteiger partial charge in [0.1, 0.15) is 12.4 Å². The maximum Gasteiger partial charge on any atom is 0.306 e. The van der Waals surface area contributed by atoms with Crippen LogP contribution in [0.2, 0.25) is 0 Å². The molecule has 3 aromatic carbocycles. The Kier molecular flexibility index (Phi) is 43.0. The Morgan fingerprint density at radius 3 is 1.40 bits per heavy atom. The number of phosphoric acid groups is 1. The maximum absolute atomic E-state index is 13.0. The summed E-state index contributed by atoms with van der Waals surface area (Å²) in [5.74, 6) is -0.398. The summed E-state index contributed by atoms with van der Waals surface area (Å²) < 4.78 is 40.1. The van der Waals surface area contributed by atoms with Crippen molar-refractivity contribution in [3.63, 3.8) is 0 Å². The van der Waals surface area contributed by atoms with Crippen molar-refractivity contribution in [1.29, 1.82) is 0 Å². The van der Waals surface area contributed by atoms with E-state index in [9.17, 15) is 23.8 Å². The zero-order valence-electron chi connectivity index (χ0n) is 51.4. The van der Waals surface area contributed by atoms with Gasteiger partial charge in [0.25, 0.3) is 7.82 Å². The van der Waals surface area contributed by atoms with E-state index < -0.39 is 32.5 Å². The van der Waals surface area contributed by atoms with Crippen LogP contribution in [-0.4, -0.2) is 70.0 Å². The molecule has 0 radical (unpaired) electrons. The number of carbonyl (C=O) groups is 3. The van der Waals surface area contributed by atoms with Gasteiger partial charge in [-0.05, 0) is 78.6 Å². The van der Waals surface area contributed by atoms with Crippen molar-refractivity contribution in [1.82, 2.24) is 10.6 Å². The number of rotatable bonds is 54. The molecule has 0 bridgehead atoms. The number of nitrogens with one attached hydrogen (secondary N) is 2. The van der Waals surface area contributed by atoms with Crippen molar-refractivity contribution in [2.45, 2.75) is 252 Å². The molecule has 3 rings (SSSR count). The molecule has 0 aliphatic rings. The van der Waals surface area contributed by atoms with E-state index in [0.29, 0.717) is 26.0 Å². The highest BCUT2D eigenvalue weighted by Crippen LogP contribution is 2.38. The van der Waals surface area contributed by atoms with Gasteiger partial charge in [-0.2, -0.15) is 0 Å². The fourth-order valence-corrected chi connectivity index (χ4v) is 11.0. The van der Waals surface area contributed by atoms with Gasteiger partial charge in [0.05, 0.1) is 26.4 Å². The van der Waals surface area contributed by atoms with Crippen LogP contribution < -0.4 is 20.3 Å². The molecule has 3 aromatic rings. The molecule has 0 heterocycles. The van der Waals surface area contributed by atoms with Gasteiger partial charge in [0.2, 0.25) is 5.91 Å². The highest BCUT2D eigenvalue weighted by Gasteiger charge is 2.22. The second kappa shape index (κ2) is 49.0. The van der Waals surface area contributed by atoms with Crippen LogP contribution in [0.1, 0.15) is 262 Å². The van der Waals surface area contributed by atoms with Crippen LogP contribution in [0.15, 0.2) is 84.9 Å². The summed E-state index contributed by atoms with van der Waals surface area (Å²) in [6.45, 7) is 6.53. The van der Waals surface area contributed by atoms with Crippen LogP contribution in [0, 0.1) is 0 Å². The van der Waals surface area contributed by atoms with Gasteiger partial charge >= 0.3 is 11.9 Å². The first-order valence-corrected chi connectivity index (χ1v) is 34.1. The smallest absolute Gasteiger partial charge is 0.306 e. The van der Waals surface area contributed by atoms with E-state index in [1.807, 2.05) is 48.5 Å². The highest BCUT2D eigenvalue weighted by molar-refractivity contribution is 7.45. The summed E-state index contributed by atoms with van der Waals surface area (Å²) in [5, 5.41) is 5.92. The minimum absolute atomic E-state index is 0.0330. The Hall–Kier alpha value is -4.32. The quantitative estimate of drug-likeness (QED) is 0.0239. The molecule has 462 valence electrons. The third-order valence-corrected chi connectivity index (χ3v) is 15.9. The van der Waals surface area contributed by atoms with Gasteiger partial charge in [-0.1, -0.05) is 273 Å². The summed E-state index contributed by atoms with van der Waals surface area (Å²) in [7, 11) is -4.88. The molecule has 2 unspecified atom stereocenters. The first kappa shape index (κ1) is 71.9. The summed E-state index contributed by atoms with van der Waals surface area (Å²) in [4.78, 5) is 51.4. The number of esters is 2. The Labute approximate surface area is 497 Å². The van der Waals surface area contributed by atoms with Crippen LogP contribution in [-0.2, 0) is 37.5 Å². The topological polar surface area (TPSA) is 162 Å². The van der Waals surface area contributed by atoms with E-state index in [1.165, 1.54) is 147 Å². The molecule has 0 spiro atoms.